The Hall–Kier alpha value is -3.30. The second-order valence-corrected chi connectivity index (χ2v) is 7.43. The summed E-state index contributed by atoms with van der Waals surface area (Å²) in [6.07, 6.45) is 3.08. The summed E-state index contributed by atoms with van der Waals surface area (Å²) in [6, 6.07) is 7.26. The topological polar surface area (TPSA) is 121 Å². The number of amides is 2. The molecule has 2 aromatic rings. The van der Waals surface area contributed by atoms with Gasteiger partial charge in [0.05, 0.1) is 5.70 Å². The van der Waals surface area contributed by atoms with E-state index in [9.17, 15) is 9.18 Å². The van der Waals surface area contributed by atoms with Crippen molar-refractivity contribution >= 4 is 34.8 Å². The Morgan fingerprint density at radius 2 is 2.00 bits per heavy atom. The Kier molecular flexibility index (Phi) is 9.30. The van der Waals surface area contributed by atoms with Crippen molar-refractivity contribution in [3.8, 4) is 0 Å². The number of carbonyl (C=O) groups excluding carboxylic acids is 1. The maximum atomic E-state index is 14.1. The van der Waals surface area contributed by atoms with Gasteiger partial charge >= 0.3 is 6.03 Å². The molecule has 32 heavy (non-hydrogen) atoms. The van der Waals surface area contributed by atoms with E-state index in [-0.39, 0.29) is 17.3 Å². The molecule has 0 unspecified atom stereocenters. The molecule has 0 atom stereocenters. The lowest BCUT2D eigenvalue weighted by atomic mass is 10.1. The van der Waals surface area contributed by atoms with Crippen LogP contribution in [0.3, 0.4) is 0 Å². The number of carbonyl (C=O) groups is 1. The predicted molar refractivity (Wildman–Crippen MR) is 129 cm³/mol. The van der Waals surface area contributed by atoms with Gasteiger partial charge in [0.2, 0.25) is 0 Å². The first-order chi connectivity index (χ1) is 15.2. The minimum absolute atomic E-state index is 0.156. The lowest BCUT2D eigenvalue weighted by Crippen LogP contribution is -2.39. The zero-order valence-corrected chi connectivity index (χ0v) is 19.1. The number of hydrogen-bond donors (Lipinski definition) is 5. The largest absolute Gasteiger partial charge is 0.401 e. The molecular formula is C22H29ClFN7O. The van der Waals surface area contributed by atoms with Gasteiger partial charge in [0.25, 0.3) is 0 Å². The van der Waals surface area contributed by atoms with E-state index in [4.69, 9.17) is 23.1 Å². The van der Waals surface area contributed by atoms with Crippen molar-refractivity contribution in [3.63, 3.8) is 0 Å². The van der Waals surface area contributed by atoms with Gasteiger partial charge in [-0.1, -0.05) is 11.6 Å². The first-order valence-corrected chi connectivity index (χ1v) is 10.5. The van der Waals surface area contributed by atoms with Crippen LogP contribution in [0.15, 0.2) is 54.0 Å². The van der Waals surface area contributed by atoms with Crippen molar-refractivity contribution in [1.82, 2.24) is 15.2 Å². The van der Waals surface area contributed by atoms with Crippen molar-refractivity contribution in [1.29, 1.82) is 0 Å². The summed E-state index contributed by atoms with van der Waals surface area (Å²) in [5.74, 6) is -0.125. The Labute approximate surface area is 192 Å². The number of pyridine rings is 1. The highest BCUT2D eigenvalue weighted by atomic mass is 35.5. The number of allylic oxidation sites excluding steroid dienone is 2. The van der Waals surface area contributed by atoms with Crippen LogP contribution in [-0.2, 0) is 0 Å². The average molecular weight is 462 g/mol. The van der Waals surface area contributed by atoms with Crippen LogP contribution in [0.1, 0.15) is 19.4 Å². The van der Waals surface area contributed by atoms with Gasteiger partial charge in [-0.3, -0.25) is 5.32 Å². The van der Waals surface area contributed by atoms with Gasteiger partial charge in [0, 0.05) is 59.6 Å². The summed E-state index contributed by atoms with van der Waals surface area (Å²) in [6.45, 7) is 5.41. The second-order valence-electron chi connectivity index (χ2n) is 6.99. The van der Waals surface area contributed by atoms with Gasteiger partial charge in [-0.15, -0.1) is 0 Å². The van der Waals surface area contributed by atoms with E-state index >= 15 is 0 Å². The van der Waals surface area contributed by atoms with Gasteiger partial charge in [-0.25, -0.2) is 14.2 Å². The molecule has 1 aromatic carbocycles. The zero-order valence-electron chi connectivity index (χ0n) is 18.4. The second kappa shape index (κ2) is 11.9. The van der Waals surface area contributed by atoms with Gasteiger partial charge in [0.15, 0.2) is 0 Å². The standard InChI is InChI=1S/C22H29ClFN7O/c1-4-31(10-9-27-3)22(32)30-21-12-16(7-8-28-21)29-20(14(2)25)13-19(26)17-11-15(23)5-6-18(17)24/h5-8,11-13,27H,4,9-10,25-26H2,1-3H3,(H2,28,29,30,32)/b19-13-,20-14+. The van der Waals surface area contributed by atoms with Crippen LogP contribution in [0.2, 0.25) is 5.02 Å². The number of urea groups is 1. The van der Waals surface area contributed by atoms with E-state index < -0.39 is 5.82 Å². The molecule has 7 N–H and O–H groups in total. The third-order valence-electron chi connectivity index (χ3n) is 4.54. The van der Waals surface area contributed by atoms with Crippen LogP contribution in [0.4, 0.5) is 20.7 Å². The van der Waals surface area contributed by atoms with Crippen molar-refractivity contribution in [2.24, 2.45) is 11.5 Å². The van der Waals surface area contributed by atoms with Crippen LogP contribution in [-0.4, -0.2) is 42.6 Å². The molecule has 0 spiro atoms. The molecule has 2 amide bonds. The molecule has 0 aliphatic carbocycles. The minimum atomic E-state index is -0.496. The first kappa shape index (κ1) is 25.0. The number of hydrogen-bond acceptors (Lipinski definition) is 6. The molecule has 2 rings (SSSR count). The monoisotopic (exact) mass is 461 g/mol. The summed E-state index contributed by atoms with van der Waals surface area (Å²) in [7, 11) is 1.83. The molecule has 8 nitrogen and oxygen atoms in total. The van der Waals surface area contributed by atoms with E-state index in [1.54, 1.807) is 30.2 Å². The highest BCUT2D eigenvalue weighted by molar-refractivity contribution is 6.30. The van der Waals surface area contributed by atoms with E-state index in [1.165, 1.54) is 24.3 Å². The highest BCUT2D eigenvalue weighted by Gasteiger charge is 2.12. The van der Waals surface area contributed by atoms with Crippen LogP contribution in [0.25, 0.3) is 5.70 Å². The fraction of sp³-hybridized carbons (Fsp3) is 0.273. The number of nitrogens with one attached hydrogen (secondary N) is 3. The molecular weight excluding hydrogens is 433 g/mol. The summed E-state index contributed by atoms with van der Waals surface area (Å²) >= 11 is 5.96. The van der Waals surface area contributed by atoms with Crippen LogP contribution in [0.5, 0.6) is 0 Å². The summed E-state index contributed by atoms with van der Waals surface area (Å²) in [5.41, 5.74) is 13.9. The Bertz CT molecular complexity index is 1010. The van der Waals surface area contributed by atoms with Gasteiger partial charge < -0.3 is 27.0 Å². The number of nitrogens with zero attached hydrogens (tertiary/aromatic N) is 2. The molecule has 0 aliphatic heterocycles. The van der Waals surface area contributed by atoms with Crippen LogP contribution >= 0.6 is 11.6 Å². The Balaban J connectivity index is 2.20. The fourth-order valence-electron chi connectivity index (χ4n) is 2.77. The molecule has 0 aliphatic rings. The lowest BCUT2D eigenvalue weighted by Gasteiger charge is -2.21. The highest BCUT2D eigenvalue weighted by Crippen LogP contribution is 2.22. The maximum Gasteiger partial charge on any atom is 0.323 e. The lowest BCUT2D eigenvalue weighted by molar-refractivity contribution is 0.215. The smallest absolute Gasteiger partial charge is 0.323 e. The Morgan fingerprint density at radius 3 is 2.66 bits per heavy atom. The molecule has 10 heteroatoms. The molecule has 0 radical (unpaired) electrons. The van der Waals surface area contributed by atoms with Crippen molar-refractivity contribution < 1.29 is 9.18 Å². The molecule has 0 fully saturated rings. The number of likely N-dealkylation sites (N-methyl/N-ethyl adjacent to an activating group) is 2. The van der Waals surface area contributed by atoms with E-state index in [0.717, 1.165) is 0 Å². The number of rotatable bonds is 9. The van der Waals surface area contributed by atoms with Crippen LogP contribution in [0, 0.1) is 5.82 Å². The van der Waals surface area contributed by atoms with Crippen molar-refractivity contribution in [2.75, 3.05) is 37.3 Å². The molecule has 172 valence electrons. The third kappa shape index (κ3) is 7.14. The summed E-state index contributed by atoms with van der Waals surface area (Å²) in [5, 5.41) is 9.30. The number of aromatic nitrogens is 1. The fourth-order valence-corrected chi connectivity index (χ4v) is 2.94. The molecule has 1 heterocycles. The van der Waals surface area contributed by atoms with Crippen LogP contribution < -0.4 is 27.4 Å². The number of nitrogens with two attached hydrogens (primary N) is 2. The van der Waals surface area contributed by atoms with Gasteiger partial charge in [0.1, 0.15) is 11.6 Å². The SMILES string of the molecule is CCN(CCNC)C(=O)Nc1cc(NC(/C=C(\N)c2cc(Cl)ccc2F)=C(\C)N)ccn1. The maximum absolute atomic E-state index is 14.1. The molecule has 0 saturated heterocycles. The summed E-state index contributed by atoms with van der Waals surface area (Å²) < 4.78 is 14.1. The average Bonchev–Trinajstić information content (AvgIpc) is 2.75. The third-order valence-corrected chi connectivity index (χ3v) is 4.77. The zero-order chi connectivity index (χ0) is 23.7. The minimum Gasteiger partial charge on any atom is -0.401 e. The van der Waals surface area contributed by atoms with E-state index in [1.807, 2.05) is 14.0 Å². The number of halogens is 2. The molecule has 0 saturated carbocycles. The van der Waals surface area contributed by atoms with E-state index in [2.05, 4.69) is 20.9 Å². The molecule has 0 bridgehead atoms. The Morgan fingerprint density at radius 1 is 1.25 bits per heavy atom. The number of benzene rings is 1. The predicted octanol–water partition coefficient (Wildman–Crippen LogP) is 3.55. The van der Waals surface area contributed by atoms with Gasteiger partial charge in [-0.2, -0.15) is 0 Å². The summed E-state index contributed by atoms with van der Waals surface area (Å²) in [4.78, 5) is 18.3. The first-order valence-electron chi connectivity index (χ1n) is 10.1. The molecule has 1 aromatic heterocycles. The number of anilines is 2. The quantitative estimate of drug-likeness (QED) is 0.364. The van der Waals surface area contributed by atoms with Gasteiger partial charge in [-0.05, 0) is 51.2 Å². The van der Waals surface area contributed by atoms with E-state index in [0.29, 0.717) is 47.6 Å². The van der Waals surface area contributed by atoms with Crippen molar-refractivity contribution in [2.45, 2.75) is 13.8 Å². The normalized spacial score (nSPS) is 12.2. The van der Waals surface area contributed by atoms with Crippen molar-refractivity contribution in [3.05, 3.63) is 70.4 Å².